The normalized spacial score (nSPS) is 14.6. The zero-order valence-corrected chi connectivity index (χ0v) is 15.2. The maximum Gasteiger partial charge on any atom is 0.260 e. The summed E-state index contributed by atoms with van der Waals surface area (Å²) in [6.07, 6.45) is 2.93. The molecule has 0 radical (unpaired) electrons. The first kappa shape index (κ1) is 18.0. The molecule has 2 amide bonds. The zero-order valence-electron chi connectivity index (χ0n) is 15.2. The van der Waals surface area contributed by atoms with E-state index in [2.05, 4.69) is 13.8 Å². The van der Waals surface area contributed by atoms with Gasteiger partial charge in [0, 0.05) is 26.2 Å². The third kappa shape index (κ3) is 4.25. The van der Waals surface area contributed by atoms with Gasteiger partial charge in [0.05, 0.1) is 11.8 Å². The number of amides is 2. The summed E-state index contributed by atoms with van der Waals surface area (Å²) in [6, 6.07) is 9.47. The van der Waals surface area contributed by atoms with E-state index in [1.165, 1.54) is 18.1 Å². The number of carbonyl (C=O) groups excluding carboxylic acids is 2. The molecule has 0 saturated carbocycles. The fraction of sp³-hybridized carbons (Fsp3) is 0.400. The summed E-state index contributed by atoms with van der Waals surface area (Å²) in [6.45, 7) is 6.33. The van der Waals surface area contributed by atoms with Crippen molar-refractivity contribution in [3.05, 3.63) is 54.0 Å². The smallest absolute Gasteiger partial charge is 0.260 e. The Labute approximate surface area is 153 Å². The van der Waals surface area contributed by atoms with Crippen LogP contribution in [-0.2, 0) is 4.79 Å². The molecule has 3 rings (SSSR count). The van der Waals surface area contributed by atoms with Gasteiger partial charge in [0.1, 0.15) is 12.0 Å². The van der Waals surface area contributed by atoms with E-state index in [9.17, 15) is 9.59 Å². The molecule has 6 nitrogen and oxygen atoms in total. The lowest BCUT2D eigenvalue weighted by Gasteiger charge is -2.34. The highest BCUT2D eigenvalue weighted by molar-refractivity contribution is 5.94. The lowest BCUT2D eigenvalue weighted by molar-refractivity contribution is -0.134. The van der Waals surface area contributed by atoms with Gasteiger partial charge in [-0.1, -0.05) is 26.0 Å². The third-order valence-corrected chi connectivity index (χ3v) is 4.60. The Morgan fingerprint density at radius 3 is 2.27 bits per heavy atom. The largest absolute Gasteiger partial charge is 0.484 e. The van der Waals surface area contributed by atoms with Gasteiger partial charge in [-0.05, 0) is 29.7 Å². The van der Waals surface area contributed by atoms with E-state index in [-0.39, 0.29) is 18.4 Å². The zero-order chi connectivity index (χ0) is 18.5. The summed E-state index contributed by atoms with van der Waals surface area (Å²) >= 11 is 0. The molecule has 138 valence electrons. The molecule has 6 heteroatoms. The number of benzene rings is 1. The van der Waals surface area contributed by atoms with Gasteiger partial charge in [-0.25, -0.2) is 0 Å². The predicted molar refractivity (Wildman–Crippen MR) is 97.2 cm³/mol. The fourth-order valence-electron chi connectivity index (χ4n) is 2.91. The summed E-state index contributed by atoms with van der Waals surface area (Å²) in [5.74, 6) is 1.03. The van der Waals surface area contributed by atoms with E-state index in [1.807, 2.05) is 24.3 Å². The standard InChI is InChI=1S/C20H24N2O4/c1-15(2)16-3-5-18(6-4-16)26-14-19(23)21-8-10-22(11-9-21)20(24)17-7-12-25-13-17/h3-7,12-13,15H,8-11,14H2,1-2H3. The van der Waals surface area contributed by atoms with Gasteiger partial charge in [0.2, 0.25) is 0 Å². The van der Waals surface area contributed by atoms with Crippen molar-refractivity contribution in [2.75, 3.05) is 32.8 Å². The van der Waals surface area contributed by atoms with E-state index in [1.54, 1.807) is 15.9 Å². The van der Waals surface area contributed by atoms with Crippen LogP contribution >= 0.6 is 0 Å². The Morgan fingerprint density at radius 2 is 1.69 bits per heavy atom. The number of ether oxygens (including phenoxy) is 1. The molecular weight excluding hydrogens is 332 g/mol. The molecule has 1 aromatic carbocycles. The molecule has 26 heavy (non-hydrogen) atoms. The Kier molecular flexibility index (Phi) is 5.61. The fourth-order valence-corrected chi connectivity index (χ4v) is 2.91. The third-order valence-electron chi connectivity index (χ3n) is 4.60. The van der Waals surface area contributed by atoms with Crippen molar-refractivity contribution in [3.63, 3.8) is 0 Å². The second-order valence-corrected chi connectivity index (χ2v) is 6.70. The van der Waals surface area contributed by atoms with Crippen LogP contribution in [0, 0.1) is 0 Å². The van der Waals surface area contributed by atoms with Crippen molar-refractivity contribution < 1.29 is 18.7 Å². The van der Waals surface area contributed by atoms with Crippen LogP contribution in [0.3, 0.4) is 0 Å². The summed E-state index contributed by atoms with van der Waals surface area (Å²) in [4.78, 5) is 28.1. The SMILES string of the molecule is CC(C)c1ccc(OCC(=O)N2CCN(C(=O)c3ccoc3)CC2)cc1. The van der Waals surface area contributed by atoms with Crippen molar-refractivity contribution in [2.24, 2.45) is 0 Å². The molecule has 2 aromatic rings. The molecule has 0 bridgehead atoms. The molecule has 0 atom stereocenters. The number of furan rings is 1. The molecule has 1 saturated heterocycles. The quantitative estimate of drug-likeness (QED) is 0.826. The first-order valence-electron chi connectivity index (χ1n) is 8.86. The van der Waals surface area contributed by atoms with E-state index in [4.69, 9.17) is 9.15 Å². The van der Waals surface area contributed by atoms with Gasteiger partial charge in [0.15, 0.2) is 6.61 Å². The molecule has 0 unspecified atom stereocenters. The summed E-state index contributed by atoms with van der Waals surface area (Å²) in [7, 11) is 0. The van der Waals surface area contributed by atoms with Crippen LogP contribution < -0.4 is 4.74 Å². The van der Waals surface area contributed by atoms with E-state index in [0.29, 0.717) is 43.4 Å². The maximum atomic E-state index is 12.3. The van der Waals surface area contributed by atoms with E-state index in [0.717, 1.165) is 0 Å². The number of rotatable bonds is 5. The van der Waals surface area contributed by atoms with Gasteiger partial charge in [-0.15, -0.1) is 0 Å². The van der Waals surface area contributed by atoms with E-state index < -0.39 is 0 Å². The minimum atomic E-state index is -0.0626. The number of hydrogen-bond acceptors (Lipinski definition) is 4. The molecule has 0 N–H and O–H groups in total. The lowest BCUT2D eigenvalue weighted by Crippen LogP contribution is -2.51. The Hall–Kier alpha value is -2.76. The Balaban J connectivity index is 1.45. The van der Waals surface area contributed by atoms with Crippen LogP contribution in [0.2, 0.25) is 0 Å². The van der Waals surface area contributed by atoms with Crippen molar-refractivity contribution >= 4 is 11.8 Å². The van der Waals surface area contributed by atoms with Gasteiger partial charge in [0.25, 0.3) is 11.8 Å². The first-order valence-corrected chi connectivity index (χ1v) is 8.86. The van der Waals surface area contributed by atoms with Crippen molar-refractivity contribution in [2.45, 2.75) is 19.8 Å². The number of carbonyl (C=O) groups is 2. The number of nitrogens with zero attached hydrogens (tertiary/aromatic N) is 2. The topological polar surface area (TPSA) is 63.0 Å². The minimum Gasteiger partial charge on any atom is -0.484 e. The minimum absolute atomic E-state index is 0.0106. The van der Waals surface area contributed by atoms with E-state index >= 15 is 0 Å². The highest BCUT2D eigenvalue weighted by Gasteiger charge is 2.25. The van der Waals surface area contributed by atoms with Crippen molar-refractivity contribution in [1.82, 2.24) is 9.80 Å². The highest BCUT2D eigenvalue weighted by atomic mass is 16.5. The van der Waals surface area contributed by atoms with Crippen molar-refractivity contribution in [1.29, 1.82) is 0 Å². The molecule has 1 fully saturated rings. The number of hydrogen-bond donors (Lipinski definition) is 0. The lowest BCUT2D eigenvalue weighted by atomic mass is 10.0. The van der Waals surface area contributed by atoms with Gasteiger partial charge < -0.3 is 19.0 Å². The molecule has 1 aromatic heterocycles. The summed E-state index contributed by atoms with van der Waals surface area (Å²) < 4.78 is 10.6. The van der Waals surface area contributed by atoms with Gasteiger partial charge in [-0.3, -0.25) is 9.59 Å². The average Bonchev–Trinajstić information content (AvgIpc) is 3.20. The number of piperazine rings is 1. The maximum absolute atomic E-state index is 12.3. The van der Waals surface area contributed by atoms with Crippen LogP contribution in [0.15, 0.2) is 47.3 Å². The monoisotopic (exact) mass is 356 g/mol. The highest BCUT2D eigenvalue weighted by Crippen LogP contribution is 2.18. The van der Waals surface area contributed by atoms with Crippen LogP contribution in [0.25, 0.3) is 0 Å². The predicted octanol–water partition coefficient (Wildman–Crippen LogP) is 2.77. The van der Waals surface area contributed by atoms with Crippen LogP contribution in [-0.4, -0.2) is 54.4 Å². The molecule has 1 aliphatic rings. The van der Waals surface area contributed by atoms with Crippen LogP contribution in [0.5, 0.6) is 5.75 Å². The Morgan fingerprint density at radius 1 is 1.04 bits per heavy atom. The van der Waals surface area contributed by atoms with Gasteiger partial charge >= 0.3 is 0 Å². The summed E-state index contributed by atoms with van der Waals surface area (Å²) in [5, 5.41) is 0. The second-order valence-electron chi connectivity index (χ2n) is 6.70. The molecule has 0 aliphatic carbocycles. The molecule has 2 heterocycles. The van der Waals surface area contributed by atoms with Crippen molar-refractivity contribution in [3.8, 4) is 5.75 Å². The first-order chi connectivity index (χ1) is 12.5. The van der Waals surface area contributed by atoms with Crippen LogP contribution in [0.4, 0.5) is 0 Å². The molecular formula is C20H24N2O4. The second kappa shape index (κ2) is 8.08. The molecule has 0 spiro atoms. The van der Waals surface area contributed by atoms with Crippen LogP contribution in [0.1, 0.15) is 35.7 Å². The molecule has 1 aliphatic heterocycles. The average molecular weight is 356 g/mol. The summed E-state index contributed by atoms with van der Waals surface area (Å²) in [5.41, 5.74) is 1.78. The Bertz CT molecular complexity index is 730. The van der Waals surface area contributed by atoms with Gasteiger partial charge in [-0.2, -0.15) is 0 Å².